The molecule has 30 heavy (non-hydrogen) atoms. The second kappa shape index (κ2) is 9.42. The topological polar surface area (TPSA) is 108 Å². The van der Waals surface area contributed by atoms with E-state index in [0.717, 1.165) is 0 Å². The molecular weight excluding hydrogens is 412 g/mol. The summed E-state index contributed by atoms with van der Waals surface area (Å²) in [6.07, 6.45) is 0. The Labute approximate surface area is 176 Å². The summed E-state index contributed by atoms with van der Waals surface area (Å²) in [5, 5.41) is 11.4. The maximum atomic E-state index is 12.5. The SMILES string of the molecule is COC(=O)C1=C(C(=O)OC)N(c2ccccc2Sc2ccccc2[N+](=O)[O-])COC1. The average Bonchev–Trinajstić information content (AvgIpc) is 2.78. The van der Waals surface area contributed by atoms with E-state index in [2.05, 4.69) is 0 Å². The normalized spacial score (nSPS) is 13.7. The minimum atomic E-state index is -0.718. The number of ether oxygens (including phenoxy) is 3. The Bertz CT molecular complexity index is 1020. The van der Waals surface area contributed by atoms with Gasteiger partial charge in [-0.2, -0.15) is 0 Å². The predicted molar refractivity (Wildman–Crippen MR) is 108 cm³/mol. The highest BCUT2D eigenvalue weighted by atomic mass is 32.2. The van der Waals surface area contributed by atoms with Crippen molar-refractivity contribution < 1.29 is 28.7 Å². The fraction of sp³-hybridized carbons (Fsp3) is 0.200. The largest absolute Gasteiger partial charge is 0.466 e. The Morgan fingerprint density at radius 3 is 2.33 bits per heavy atom. The number of benzene rings is 2. The highest BCUT2D eigenvalue weighted by Crippen LogP contribution is 2.41. The third-order valence-corrected chi connectivity index (χ3v) is 5.40. The van der Waals surface area contributed by atoms with Gasteiger partial charge in [0.25, 0.3) is 5.69 Å². The first-order chi connectivity index (χ1) is 14.5. The van der Waals surface area contributed by atoms with Gasteiger partial charge in [-0.25, -0.2) is 9.59 Å². The van der Waals surface area contributed by atoms with Crippen LogP contribution in [0.5, 0.6) is 0 Å². The van der Waals surface area contributed by atoms with Crippen LogP contribution < -0.4 is 4.90 Å². The van der Waals surface area contributed by atoms with Crippen LogP contribution in [0.25, 0.3) is 0 Å². The van der Waals surface area contributed by atoms with Crippen LogP contribution in [-0.2, 0) is 23.8 Å². The number of hydrogen-bond acceptors (Lipinski definition) is 9. The number of methoxy groups -OCH3 is 2. The minimum Gasteiger partial charge on any atom is -0.466 e. The molecule has 0 aliphatic carbocycles. The summed E-state index contributed by atoms with van der Waals surface area (Å²) in [7, 11) is 2.42. The smallest absolute Gasteiger partial charge is 0.355 e. The zero-order valence-electron chi connectivity index (χ0n) is 16.2. The second-order valence-electron chi connectivity index (χ2n) is 6.01. The molecule has 2 aromatic rings. The number of carbonyl (C=O) groups excluding carboxylic acids is 2. The molecule has 0 aromatic heterocycles. The maximum Gasteiger partial charge on any atom is 0.355 e. The number of nitro groups is 1. The molecule has 10 heteroatoms. The molecule has 2 aromatic carbocycles. The van der Waals surface area contributed by atoms with Crippen molar-refractivity contribution in [1.82, 2.24) is 0 Å². The van der Waals surface area contributed by atoms with E-state index < -0.39 is 16.9 Å². The van der Waals surface area contributed by atoms with Gasteiger partial charge in [0.1, 0.15) is 12.4 Å². The molecule has 0 spiro atoms. The van der Waals surface area contributed by atoms with Gasteiger partial charge in [0, 0.05) is 11.0 Å². The lowest BCUT2D eigenvalue weighted by Crippen LogP contribution is -2.39. The zero-order chi connectivity index (χ0) is 21.7. The molecular formula is C20H18N2O7S. The zero-order valence-corrected chi connectivity index (χ0v) is 17.0. The van der Waals surface area contributed by atoms with Crippen LogP contribution in [0, 0.1) is 10.1 Å². The summed E-state index contributed by atoms with van der Waals surface area (Å²) >= 11 is 1.17. The van der Waals surface area contributed by atoms with Crippen LogP contribution in [0.1, 0.15) is 0 Å². The van der Waals surface area contributed by atoms with Gasteiger partial charge in [-0.15, -0.1) is 0 Å². The van der Waals surface area contributed by atoms with Crippen molar-refractivity contribution in [2.75, 3.05) is 32.5 Å². The molecule has 0 radical (unpaired) electrons. The maximum absolute atomic E-state index is 12.5. The van der Waals surface area contributed by atoms with E-state index in [-0.39, 0.29) is 30.3 Å². The Morgan fingerprint density at radius 1 is 1.03 bits per heavy atom. The van der Waals surface area contributed by atoms with Crippen molar-refractivity contribution in [3.8, 4) is 0 Å². The van der Waals surface area contributed by atoms with E-state index in [4.69, 9.17) is 14.2 Å². The van der Waals surface area contributed by atoms with Crippen molar-refractivity contribution in [3.05, 3.63) is 69.9 Å². The van der Waals surface area contributed by atoms with Crippen LogP contribution in [0.15, 0.2) is 69.6 Å². The number of esters is 2. The summed E-state index contributed by atoms with van der Waals surface area (Å²) in [5.74, 6) is -1.42. The molecule has 0 unspecified atom stereocenters. The lowest BCUT2D eigenvalue weighted by molar-refractivity contribution is -0.387. The van der Waals surface area contributed by atoms with Gasteiger partial charge in [-0.3, -0.25) is 10.1 Å². The Balaban J connectivity index is 2.09. The van der Waals surface area contributed by atoms with E-state index in [9.17, 15) is 19.7 Å². The van der Waals surface area contributed by atoms with E-state index in [0.29, 0.717) is 15.5 Å². The van der Waals surface area contributed by atoms with Gasteiger partial charge in [0.15, 0.2) is 0 Å². The van der Waals surface area contributed by atoms with Gasteiger partial charge < -0.3 is 19.1 Å². The fourth-order valence-corrected chi connectivity index (χ4v) is 3.97. The van der Waals surface area contributed by atoms with Gasteiger partial charge in [0.05, 0.1) is 41.9 Å². The van der Waals surface area contributed by atoms with Crippen LogP contribution in [0.3, 0.4) is 0 Å². The number of carbonyl (C=O) groups is 2. The van der Waals surface area contributed by atoms with Gasteiger partial charge in [-0.05, 0) is 18.2 Å². The predicted octanol–water partition coefficient (Wildman–Crippen LogP) is 3.14. The van der Waals surface area contributed by atoms with Crippen molar-refractivity contribution >= 4 is 35.1 Å². The Kier molecular flexibility index (Phi) is 6.70. The average molecular weight is 430 g/mol. The number of rotatable bonds is 6. The molecule has 0 atom stereocenters. The number of hydrogen-bond donors (Lipinski definition) is 0. The summed E-state index contributed by atoms with van der Waals surface area (Å²) in [4.78, 5) is 38.2. The summed E-state index contributed by atoms with van der Waals surface area (Å²) < 4.78 is 15.2. The molecule has 0 saturated carbocycles. The fourth-order valence-electron chi connectivity index (χ4n) is 2.91. The lowest BCUT2D eigenvalue weighted by atomic mass is 10.1. The Morgan fingerprint density at radius 2 is 1.67 bits per heavy atom. The van der Waals surface area contributed by atoms with Crippen LogP contribution in [0.2, 0.25) is 0 Å². The van der Waals surface area contributed by atoms with Crippen molar-refractivity contribution in [2.24, 2.45) is 0 Å². The quantitative estimate of drug-likeness (QED) is 0.388. The van der Waals surface area contributed by atoms with Crippen LogP contribution >= 0.6 is 11.8 Å². The van der Waals surface area contributed by atoms with Gasteiger partial charge in [-0.1, -0.05) is 36.0 Å². The molecule has 1 aliphatic rings. The third-order valence-electron chi connectivity index (χ3n) is 4.27. The standard InChI is InChI=1S/C20H18N2O7S/c1-27-19(23)13-11-29-12-21(18(13)20(24)28-2)14-7-3-5-9-16(14)30-17-10-6-4-8-15(17)22(25)26/h3-10H,11-12H2,1-2H3. The number of para-hydroxylation sites is 2. The highest BCUT2D eigenvalue weighted by Gasteiger charge is 2.33. The molecule has 1 heterocycles. The highest BCUT2D eigenvalue weighted by molar-refractivity contribution is 7.99. The van der Waals surface area contributed by atoms with Crippen LogP contribution in [0.4, 0.5) is 11.4 Å². The summed E-state index contributed by atoms with van der Waals surface area (Å²) in [6, 6.07) is 13.4. The van der Waals surface area contributed by atoms with Gasteiger partial charge in [0.2, 0.25) is 0 Å². The number of nitrogens with zero attached hydrogens (tertiary/aromatic N) is 2. The Hall–Kier alpha value is -3.37. The molecule has 9 nitrogen and oxygen atoms in total. The van der Waals surface area contributed by atoms with E-state index in [1.807, 2.05) is 0 Å². The van der Waals surface area contributed by atoms with Crippen molar-refractivity contribution in [3.63, 3.8) is 0 Å². The van der Waals surface area contributed by atoms with E-state index in [1.165, 1.54) is 36.9 Å². The van der Waals surface area contributed by atoms with Crippen LogP contribution in [-0.4, -0.2) is 44.4 Å². The molecule has 0 amide bonds. The van der Waals surface area contributed by atoms with Gasteiger partial charge >= 0.3 is 11.9 Å². The molecule has 0 fully saturated rings. The van der Waals surface area contributed by atoms with E-state index in [1.54, 1.807) is 42.5 Å². The number of anilines is 1. The molecule has 156 valence electrons. The first-order valence-electron chi connectivity index (χ1n) is 8.73. The van der Waals surface area contributed by atoms with Crippen molar-refractivity contribution in [1.29, 1.82) is 0 Å². The third kappa shape index (κ3) is 4.29. The lowest BCUT2D eigenvalue weighted by Gasteiger charge is -2.32. The first-order valence-corrected chi connectivity index (χ1v) is 9.55. The summed E-state index contributed by atoms with van der Waals surface area (Å²) in [5.41, 5.74) is 0.528. The molecule has 0 N–H and O–H groups in total. The molecule has 0 bridgehead atoms. The first kappa shape index (κ1) is 21.3. The molecule has 1 aliphatic heterocycles. The summed E-state index contributed by atoms with van der Waals surface area (Å²) in [6.45, 7) is -0.119. The number of nitro benzene ring substituents is 1. The second-order valence-corrected chi connectivity index (χ2v) is 7.09. The minimum absolute atomic E-state index is 0.00575. The monoisotopic (exact) mass is 430 g/mol. The van der Waals surface area contributed by atoms with E-state index >= 15 is 0 Å². The van der Waals surface area contributed by atoms with Crippen molar-refractivity contribution in [2.45, 2.75) is 9.79 Å². The molecule has 3 rings (SSSR count). The molecule has 0 saturated heterocycles.